The van der Waals surface area contributed by atoms with E-state index in [9.17, 15) is 9.18 Å². The largest absolute Gasteiger partial charge is 0.480 e. The average Bonchev–Trinajstić information content (AvgIpc) is 3.06. The molecule has 3 aromatic carbocycles. The van der Waals surface area contributed by atoms with E-state index >= 15 is 0 Å². The van der Waals surface area contributed by atoms with Crippen molar-refractivity contribution in [1.29, 1.82) is 0 Å². The molecular weight excluding hydrogens is 305 g/mol. The number of hydrogen-bond acceptors (Lipinski definition) is 2. The summed E-state index contributed by atoms with van der Waals surface area (Å²) in [6, 6.07) is 18.1. The second kappa shape index (κ2) is 5.96. The van der Waals surface area contributed by atoms with Crippen LogP contribution in [-0.4, -0.2) is 12.0 Å². The number of benzene rings is 3. The zero-order valence-electron chi connectivity index (χ0n) is 13.0. The molecule has 0 unspecified atom stereocenters. The van der Waals surface area contributed by atoms with Crippen molar-refractivity contribution in [3.05, 3.63) is 77.6 Å². The van der Waals surface area contributed by atoms with Crippen LogP contribution in [0.4, 0.5) is 4.39 Å². The SMILES string of the molecule is O=C(NCc1ccc(F)cc1)[C@H]1Cc2c(ccc3ccccc23)O1. The van der Waals surface area contributed by atoms with Gasteiger partial charge in [-0.2, -0.15) is 0 Å². The first kappa shape index (κ1) is 14.7. The molecule has 1 atom stereocenters. The highest BCUT2D eigenvalue weighted by Crippen LogP contribution is 2.35. The zero-order valence-corrected chi connectivity index (χ0v) is 13.0. The molecule has 0 saturated heterocycles. The molecule has 120 valence electrons. The fourth-order valence-corrected chi connectivity index (χ4v) is 3.07. The van der Waals surface area contributed by atoms with Crippen LogP contribution in [0.25, 0.3) is 10.8 Å². The number of halogens is 1. The summed E-state index contributed by atoms with van der Waals surface area (Å²) in [6.45, 7) is 0.357. The third kappa shape index (κ3) is 2.71. The minimum atomic E-state index is -0.522. The maximum absolute atomic E-state index is 12.9. The number of rotatable bonds is 3. The average molecular weight is 321 g/mol. The summed E-state index contributed by atoms with van der Waals surface area (Å²) in [4.78, 5) is 12.4. The maximum Gasteiger partial charge on any atom is 0.261 e. The summed E-state index contributed by atoms with van der Waals surface area (Å²) in [6.07, 6.45) is 0.0395. The number of nitrogens with one attached hydrogen (secondary N) is 1. The summed E-state index contributed by atoms with van der Waals surface area (Å²) >= 11 is 0. The first-order chi connectivity index (χ1) is 11.7. The molecule has 1 aliphatic heterocycles. The van der Waals surface area contributed by atoms with Gasteiger partial charge in [-0.3, -0.25) is 4.79 Å². The second-order valence-corrected chi connectivity index (χ2v) is 5.92. The molecule has 0 aliphatic carbocycles. The van der Waals surface area contributed by atoms with Crippen molar-refractivity contribution in [1.82, 2.24) is 5.32 Å². The van der Waals surface area contributed by atoms with E-state index in [4.69, 9.17) is 4.74 Å². The van der Waals surface area contributed by atoms with Gasteiger partial charge in [0.25, 0.3) is 5.91 Å². The van der Waals surface area contributed by atoms with E-state index in [-0.39, 0.29) is 11.7 Å². The topological polar surface area (TPSA) is 38.3 Å². The van der Waals surface area contributed by atoms with Gasteiger partial charge in [0.1, 0.15) is 11.6 Å². The summed E-state index contributed by atoms with van der Waals surface area (Å²) in [5.74, 6) is 0.335. The number of amides is 1. The third-order valence-corrected chi connectivity index (χ3v) is 4.33. The van der Waals surface area contributed by atoms with Gasteiger partial charge >= 0.3 is 0 Å². The third-order valence-electron chi connectivity index (χ3n) is 4.33. The predicted molar refractivity (Wildman–Crippen MR) is 90.3 cm³/mol. The number of ether oxygens (including phenoxy) is 1. The van der Waals surface area contributed by atoms with E-state index in [2.05, 4.69) is 17.4 Å². The molecule has 0 radical (unpaired) electrons. The lowest BCUT2D eigenvalue weighted by molar-refractivity contribution is -0.127. The molecule has 1 N–H and O–H groups in total. The van der Waals surface area contributed by atoms with Crippen LogP contribution in [0.15, 0.2) is 60.7 Å². The van der Waals surface area contributed by atoms with Crippen LogP contribution in [0.2, 0.25) is 0 Å². The first-order valence-electron chi connectivity index (χ1n) is 7.90. The number of carbonyl (C=O) groups is 1. The zero-order chi connectivity index (χ0) is 16.5. The van der Waals surface area contributed by atoms with Gasteiger partial charge in [-0.25, -0.2) is 4.39 Å². The van der Waals surface area contributed by atoms with Crippen LogP contribution in [-0.2, 0) is 17.8 Å². The Morgan fingerprint density at radius 1 is 1.08 bits per heavy atom. The highest BCUT2D eigenvalue weighted by molar-refractivity contribution is 5.90. The molecule has 0 bridgehead atoms. The monoisotopic (exact) mass is 321 g/mol. The Hall–Kier alpha value is -2.88. The molecule has 0 spiro atoms. The summed E-state index contributed by atoms with van der Waals surface area (Å²) in [5.41, 5.74) is 1.93. The molecule has 24 heavy (non-hydrogen) atoms. The summed E-state index contributed by atoms with van der Waals surface area (Å²) in [7, 11) is 0. The van der Waals surface area contributed by atoms with Gasteiger partial charge in [-0.05, 0) is 34.5 Å². The first-order valence-corrected chi connectivity index (χ1v) is 7.90. The molecule has 4 rings (SSSR count). The van der Waals surface area contributed by atoms with E-state index in [1.807, 2.05) is 24.3 Å². The van der Waals surface area contributed by atoms with Crippen molar-refractivity contribution in [3.63, 3.8) is 0 Å². The highest BCUT2D eigenvalue weighted by atomic mass is 19.1. The van der Waals surface area contributed by atoms with Gasteiger partial charge in [0.15, 0.2) is 6.10 Å². The van der Waals surface area contributed by atoms with E-state index in [1.54, 1.807) is 12.1 Å². The van der Waals surface area contributed by atoms with Crippen molar-refractivity contribution in [2.75, 3.05) is 0 Å². The molecule has 1 heterocycles. The molecule has 0 fully saturated rings. The van der Waals surface area contributed by atoms with E-state index < -0.39 is 6.10 Å². The fraction of sp³-hybridized carbons (Fsp3) is 0.150. The highest BCUT2D eigenvalue weighted by Gasteiger charge is 2.30. The fourth-order valence-electron chi connectivity index (χ4n) is 3.07. The van der Waals surface area contributed by atoms with E-state index in [0.717, 1.165) is 27.6 Å². The molecule has 3 aromatic rings. The number of carbonyl (C=O) groups excluding carboxylic acids is 1. The van der Waals surface area contributed by atoms with Crippen molar-refractivity contribution in [2.45, 2.75) is 19.1 Å². The number of fused-ring (bicyclic) bond motifs is 3. The molecular formula is C20H16FNO2. The van der Waals surface area contributed by atoms with Gasteiger partial charge in [-0.15, -0.1) is 0 Å². The Bertz CT molecular complexity index is 905. The molecule has 1 aliphatic rings. The van der Waals surface area contributed by atoms with Crippen LogP contribution in [0, 0.1) is 5.82 Å². The van der Waals surface area contributed by atoms with Crippen LogP contribution >= 0.6 is 0 Å². The molecule has 0 aromatic heterocycles. The molecule has 1 amide bonds. The van der Waals surface area contributed by atoms with Gasteiger partial charge < -0.3 is 10.1 Å². The summed E-state index contributed by atoms with van der Waals surface area (Å²) in [5, 5.41) is 5.13. The quantitative estimate of drug-likeness (QED) is 0.800. The van der Waals surface area contributed by atoms with Crippen molar-refractivity contribution in [2.24, 2.45) is 0 Å². The predicted octanol–water partition coefficient (Wildman–Crippen LogP) is 3.60. The van der Waals surface area contributed by atoms with Crippen molar-refractivity contribution < 1.29 is 13.9 Å². The van der Waals surface area contributed by atoms with Crippen molar-refractivity contribution in [3.8, 4) is 5.75 Å². The maximum atomic E-state index is 12.9. The van der Waals surface area contributed by atoms with Gasteiger partial charge in [0.2, 0.25) is 0 Å². The minimum absolute atomic E-state index is 0.153. The van der Waals surface area contributed by atoms with Crippen LogP contribution in [0.3, 0.4) is 0 Å². The molecule has 0 saturated carbocycles. The lowest BCUT2D eigenvalue weighted by atomic mass is 10.0. The Kier molecular flexibility index (Phi) is 3.65. The second-order valence-electron chi connectivity index (χ2n) is 5.92. The minimum Gasteiger partial charge on any atom is -0.480 e. The van der Waals surface area contributed by atoms with Crippen LogP contribution < -0.4 is 10.1 Å². The number of hydrogen-bond donors (Lipinski definition) is 1. The van der Waals surface area contributed by atoms with E-state index in [0.29, 0.717) is 13.0 Å². The standard InChI is InChI=1S/C20H16FNO2/c21-15-8-5-13(6-9-15)12-22-20(23)19-11-17-16-4-2-1-3-14(16)7-10-18(17)24-19/h1-10,19H,11-12H2,(H,22,23)/t19-/m1/s1. The Morgan fingerprint density at radius 3 is 2.71 bits per heavy atom. The van der Waals surface area contributed by atoms with Gasteiger partial charge in [0, 0.05) is 18.5 Å². The molecule has 4 heteroatoms. The van der Waals surface area contributed by atoms with Crippen molar-refractivity contribution >= 4 is 16.7 Å². The van der Waals surface area contributed by atoms with E-state index in [1.165, 1.54) is 12.1 Å². The van der Waals surface area contributed by atoms with Crippen LogP contribution in [0.5, 0.6) is 5.75 Å². The van der Waals surface area contributed by atoms with Crippen LogP contribution in [0.1, 0.15) is 11.1 Å². The molecule has 3 nitrogen and oxygen atoms in total. The smallest absolute Gasteiger partial charge is 0.261 e. The normalized spacial score (nSPS) is 15.8. The summed E-state index contributed by atoms with van der Waals surface area (Å²) < 4.78 is 18.7. The van der Waals surface area contributed by atoms with Gasteiger partial charge in [0.05, 0.1) is 0 Å². The van der Waals surface area contributed by atoms with Gasteiger partial charge in [-0.1, -0.05) is 42.5 Å². The Balaban J connectivity index is 1.47. The Labute approximate surface area is 139 Å². The lowest BCUT2D eigenvalue weighted by Gasteiger charge is -2.11. The lowest BCUT2D eigenvalue weighted by Crippen LogP contribution is -2.37. The Morgan fingerprint density at radius 2 is 1.88 bits per heavy atom.